The van der Waals surface area contributed by atoms with E-state index in [4.69, 9.17) is 0 Å². The van der Waals surface area contributed by atoms with Gasteiger partial charge in [-0.2, -0.15) is 0 Å². The van der Waals surface area contributed by atoms with Crippen LogP contribution in [0.1, 0.15) is 63.9 Å². The first-order valence-electron chi connectivity index (χ1n) is 8.69. The third-order valence-electron chi connectivity index (χ3n) is 4.78. The molecule has 0 heterocycles. The minimum absolute atomic E-state index is 0.149. The topological polar surface area (TPSA) is 0 Å². The lowest BCUT2D eigenvalue weighted by Gasteiger charge is -2.26. The van der Waals surface area contributed by atoms with Gasteiger partial charge in [0, 0.05) is 0 Å². The average Bonchev–Trinajstić information content (AvgIpc) is 2.51. The lowest BCUT2D eigenvalue weighted by Crippen LogP contribution is -2.13. The number of unbranched alkanes of at least 4 members (excludes halogenated alkanes) is 2. The maximum absolute atomic E-state index is 12.8. The quantitative estimate of drug-likeness (QED) is 0.407. The van der Waals surface area contributed by atoms with Gasteiger partial charge in [-0.3, -0.25) is 0 Å². The SMILES string of the molecule is CCCCCC1CCC(/C=C/Cc2ccc(F)cc2)CC1. The van der Waals surface area contributed by atoms with Gasteiger partial charge >= 0.3 is 0 Å². The van der Waals surface area contributed by atoms with Crippen molar-refractivity contribution in [2.45, 2.75) is 64.7 Å². The second-order valence-electron chi connectivity index (χ2n) is 6.54. The van der Waals surface area contributed by atoms with Crippen molar-refractivity contribution in [3.05, 3.63) is 47.8 Å². The molecule has 1 heteroatoms. The van der Waals surface area contributed by atoms with Crippen LogP contribution in [0.5, 0.6) is 0 Å². The van der Waals surface area contributed by atoms with Crippen molar-refractivity contribution < 1.29 is 4.39 Å². The predicted octanol–water partition coefficient (Wildman–Crippen LogP) is 6.31. The molecule has 0 unspecified atom stereocenters. The average molecular weight is 288 g/mol. The van der Waals surface area contributed by atoms with Crippen molar-refractivity contribution in [2.75, 3.05) is 0 Å². The van der Waals surface area contributed by atoms with Gasteiger partial charge in [0.05, 0.1) is 0 Å². The highest BCUT2D eigenvalue weighted by Crippen LogP contribution is 2.32. The van der Waals surface area contributed by atoms with Gasteiger partial charge in [-0.15, -0.1) is 0 Å². The summed E-state index contributed by atoms with van der Waals surface area (Å²) in [6.07, 6.45) is 16.7. The summed E-state index contributed by atoms with van der Waals surface area (Å²) in [4.78, 5) is 0. The summed E-state index contributed by atoms with van der Waals surface area (Å²) in [7, 11) is 0. The Labute approximate surface area is 129 Å². The van der Waals surface area contributed by atoms with Crippen LogP contribution in [0.15, 0.2) is 36.4 Å². The number of halogens is 1. The Morgan fingerprint density at radius 2 is 1.76 bits per heavy atom. The Hall–Kier alpha value is -1.11. The Morgan fingerprint density at radius 1 is 1.05 bits per heavy atom. The first-order chi connectivity index (χ1) is 10.3. The van der Waals surface area contributed by atoms with Gasteiger partial charge in [0.25, 0.3) is 0 Å². The Morgan fingerprint density at radius 3 is 2.43 bits per heavy atom. The minimum atomic E-state index is -0.149. The number of benzene rings is 1. The number of allylic oxidation sites excluding steroid dienone is 2. The standard InChI is InChI=1S/C20H29F/c1-2-3-4-6-17-9-11-18(12-10-17)7-5-8-19-13-15-20(21)16-14-19/h5,7,13-18H,2-4,6,8-12H2,1H3/b7-5+. The van der Waals surface area contributed by atoms with Crippen molar-refractivity contribution >= 4 is 0 Å². The summed E-state index contributed by atoms with van der Waals surface area (Å²) in [6, 6.07) is 6.85. The van der Waals surface area contributed by atoms with Crippen LogP contribution >= 0.6 is 0 Å². The predicted molar refractivity (Wildman–Crippen MR) is 88.8 cm³/mol. The molecule has 0 radical (unpaired) electrons. The zero-order valence-electron chi connectivity index (χ0n) is 13.4. The zero-order valence-corrected chi connectivity index (χ0v) is 13.4. The summed E-state index contributed by atoms with van der Waals surface area (Å²) in [5, 5.41) is 0. The van der Waals surface area contributed by atoms with E-state index in [1.54, 1.807) is 12.1 Å². The fourth-order valence-electron chi connectivity index (χ4n) is 3.37. The largest absolute Gasteiger partial charge is 0.207 e. The smallest absolute Gasteiger partial charge is 0.123 e. The van der Waals surface area contributed by atoms with Crippen LogP contribution in [0.25, 0.3) is 0 Å². The lowest BCUT2D eigenvalue weighted by molar-refractivity contribution is 0.289. The molecule has 116 valence electrons. The van der Waals surface area contributed by atoms with E-state index in [1.165, 1.54) is 56.9 Å². The molecule has 1 aromatic carbocycles. The highest BCUT2D eigenvalue weighted by atomic mass is 19.1. The van der Waals surface area contributed by atoms with Crippen LogP contribution < -0.4 is 0 Å². The van der Waals surface area contributed by atoms with Crippen LogP contribution in [0.4, 0.5) is 4.39 Å². The Kier molecular flexibility index (Phi) is 6.99. The van der Waals surface area contributed by atoms with E-state index in [9.17, 15) is 4.39 Å². The Balaban J connectivity index is 1.66. The number of hydrogen-bond donors (Lipinski definition) is 0. The van der Waals surface area contributed by atoms with Gasteiger partial charge in [-0.1, -0.05) is 56.9 Å². The fraction of sp³-hybridized carbons (Fsp3) is 0.600. The van der Waals surface area contributed by atoms with Gasteiger partial charge in [0.15, 0.2) is 0 Å². The van der Waals surface area contributed by atoms with E-state index in [0.29, 0.717) is 0 Å². The molecule has 1 saturated carbocycles. The Bertz CT molecular complexity index is 410. The fourth-order valence-corrected chi connectivity index (χ4v) is 3.37. The molecule has 1 aliphatic rings. The van der Waals surface area contributed by atoms with Crippen molar-refractivity contribution in [1.82, 2.24) is 0 Å². The third kappa shape index (κ3) is 6.03. The first-order valence-corrected chi connectivity index (χ1v) is 8.69. The maximum Gasteiger partial charge on any atom is 0.123 e. The van der Waals surface area contributed by atoms with E-state index in [2.05, 4.69) is 19.1 Å². The zero-order chi connectivity index (χ0) is 14.9. The summed E-state index contributed by atoms with van der Waals surface area (Å²) in [5.41, 5.74) is 1.20. The number of rotatable bonds is 7. The molecule has 0 nitrogen and oxygen atoms in total. The molecule has 0 aliphatic heterocycles. The summed E-state index contributed by atoms with van der Waals surface area (Å²) in [5.74, 6) is 1.61. The molecule has 21 heavy (non-hydrogen) atoms. The molecule has 0 atom stereocenters. The molecule has 0 amide bonds. The molecule has 1 aliphatic carbocycles. The van der Waals surface area contributed by atoms with E-state index in [0.717, 1.165) is 18.3 Å². The second-order valence-corrected chi connectivity index (χ2v) is 6.54. The molecular formula is C20H29F. The van der Waals surface area contributed by atoms with Crippen LogP contribution in [0, 0.1) is 17.7 Å². The maximum atomic E-state index is 12.8. The molecule has 0 spiro atoms. The van der Waals surface area contributed by atoms with Crippen LogP contribution in [-0.4, -0.2) is 0 Å². The van der Waals surface area contributed by atoms with E-state index in [-0.39, 0.29) is 5.82 Å². The van der Waals surface area contributed by atoms with Gasteiger partial charge in [0.2, 0.25) is 0 Å². The van der Waals surface area contributed by atoms with Gasteiger partial charge in [-0.05, 0) is 61.6 Å². The third-order valence-corrected chi connectivity index (χ3v) is 4.78. The summed E-state index contributed by atoms with van der Waals surface area (Å²) in [6.45, 7) is 2.28. The van der Waals surface area contributed by atoms with Crippen LogP contribution in [0.2, 0.25) is 0 Å². The van der Waals surface area contributed by atoms with Gasteiger partial charge in [0.1, 0.15) is 5.82 Å². The molecule has 1 fully saturated rings. The highest BCUT2D eigenvalue weighted by Gasteiger charge is 2.18. The normalized spacial score (nSPS) is 22.8. The summed E-state index contributed by atoms with van der Waals surface area (Å²) >= 11 is 0. The van der Waals surface area contributed by atoms with E-state index < -0.39 is 0 Å². The van der Waals surface area contributed by atoms with Gasteiger partial charge in [-0.25, -0.2) is 4.39 Å². The minimum Gasteiger partial charge on any atom is -0.207 e. The van der Waals surface area contributed by atoms with Crippen LogP contribution in [-0.2, 0) is 6.42 Å². The molecule has 0 N–H and O–H groups in total. The second kappa shape index (κ2) is 9.02. The van der Waals surface area contributed by atoms with Crippen LogP contribution in [0.3, 0.4) is 0 Å². The molecule has 0 bridgehead atoms. The van der Waals surface area contributed by atoms with Crippen molar-refractivity contribution in [1.29, 1.82) is 0 Å². The number of hydrogen-bond acceptors (Lipinski definition) is 0. The monoisotopic (exact) mass is 288 g/mol. The molecular weight excluding hydrogens is 259 g/mol. The summed E-state index contributed by atoms with van der Waals surface area (Å²) < 4.78 is 12.8. The molecule has 1 aromatic rings. The van der Waals surface area contributed by atoms with E-state index in [1.807, 2.05) is 12.1 Å². The van der Waals surface area contributed by atoms with E-state index >= 15 is 0 Å². The molecule has 0 aromatic heterocycles. The van der Waals surface area contributed by atoms with Crippen molar-refractivity contribution in [2.24, 2.45) is 11.8 Å². The highest BCUT2D eigenvalue weighted by molar-refractivity contribution is 5.18. The van der Waals surface area contributed by atoms with Crippen molar-refractivity contribution in [3.63, 3.8) is 0 Å². The molecule has 2 rings (SSSR count). The lowest BCUT2D eigenvalue weighted by atomic mass is 9.79. The van der Waals surface area contributed by atoms with Crippen molar-refractivity contribution in [3.8, 4) is 0 Å². The molecule has 0 saturated heterocycles. The van der Waals surface area contributed by atoms with Gasteiger partial charge < -0.3 is 0 Å². The first kappa shape index (κ1) is 16.3.